The van der Waals surface area contributed by atoms with Crippen LogP contribution in [0.3, 0.4) is 0 Å². The molecule has 0 fully saturated rings. The van der Waals surface area contributed by atoms with Crippen molar-refractivity contribution in [3.05, 3.63) is 30.3 Å². The molecule has 112 valence electrons. The topological polar surface area (TPSA) is 36.4 Å². The first-order chi connectivity index (χ1) is 9.61. The Morgan fingerprint density at radius 3 is 2.55 bits per heavy atom. The summed E-state index contributed by atoms with van der Waals surface area (Å²) in [5.41, 5.74) is 0. The molecule has 0 radical (unpaired) electrons. The molecular weight excluding hydrogens is 280 g/mol. The molecule has 0 amide bonds. The van der Waals surface area contributed by atoms with Gasteiger partial charge in [-0.2, -0.15) is 0 Å². The fourth-order valence-electron chi connectivity index (χ4n) is 1.52. The summed E-state index contributed by atoms with van der Waals surface area (Å²) in [4.78, 5) is 5.02. The molecule has 0 aliphatic carbocycles. The Kier molecular flexibility index (Phi) is 8.02. The van der Waals surface area contributed by atoms with Gasteiger partial charge in [0.1, 0.15) is 6.54 Å². The summed E-state index contributed by atoms with van der Waals surface area (Å²) in [5, 5.41) is 6.35. The largest absolute Gasteiger partial charge is 0.357 e. The van der Waals surface area contributed by atoms with E-state index < -0.39 is 13.0 Å². The maximum atomic E-state index is 12.2. The summed E-state index contributed by atoms with van der Waals surface area (Å²) < 4.78 is 24.3. The van der Waals surface area contributed by atoms with Gasteiger partial charge in [-0.25, -0.2) is 13.8 Å². The molecule has 1 aromatic rings. The van der Waals surface area contributed by atoms with Crippen molar-refractivity contribution in [3.8, 4) is 0 Å². The molecule has 0 heterocycles. The minimum Gasteiger partial charge on any atom is -0.357 e. The lowest BCUT2D eigenvalue weighted by Gasteiger charge is -2.15. The van der Waals surface area contributed by atoms with E-state index in [1.807, 2.05) is 25.1 Å². The lowest BCUT2D eigenvalue weighted by atomic mass is 10.4. The molecule has 1 atom stereocenters. The van der Waals surface area contributed by atoms with Crippen molar-refractivity contribution < 1.29 is 8.78 Å². The van der Waals surface area contributed by atoms with E-state index in [1.54, 1.807) is 11.8 Å². The van der Waals surface area contributed by atoms with Crippen molar-refractivity contribution >= 4 is 17.7 Å². The molecule has 1 aromatic carbocycles. The van der Waals surface area contributed by atoms with Gasteiger partial charge in [0.25, 0.3) is 6.43 Å². The van der Waals surface area contributed by atoms with Crippen LogP contribution in [0.5, 0.6) is 0 Å². The number of alkyl halides is 2. The Labute approximate surface area is 123 Å². The Morgan fingerprint density at radius 1 is 1.25 bits per heavy atom. The van der Waals surface area contributed by atoms with Gasteiger partial charge in [-0.1, -0.05) is 25.1 Å². The van der Waals surface area contributed by atoms with E-state index in [4.69, 9.17) is 0 Å². The van der Waals surface area contributed by atoms with E-state index in [2.05, 4.69) is 34.7 Å². The zero-order valence-corrected chi connectivity index (χ0v) is 12.6. The molecule has 0 aliphatic heterocycles. The van der Waals surface area contributed by atoms with Crippen molar-refractivity contribution in [2.45, 2.75) is 30.4 Å². The van der Waals surface area contributed by atoms with E-state index in [0.29, 0.717) is 24.3 Å². The van der Waals surface area contributed by atoms with Crippen LogP contribution in [0.1, 0.15) is 13.8 Å². The summed E-state index contributed by atoms with van der Waals surface area (Å²) in [5.74, 6) is 0.438. The normalized spacial score (nSPS) is 13.3. The van der Waals surface area contributed by atoms with E-state index in [9.17, 15) is 8.78 Å². The first-order valence-electron chi connectivity index (χ1n) is 6.63. The summed E-state index contributed by atoms with van der Waals surface area (Å²) in [6, 6.07) is 10.1. The van der Waals surface area contributed by atoms with Gasteiger partial charge in [-0.05, 0) is 19.1 Å². The van der Waals surface area contributed by atoms with Crippen LogP contribution in [0.2, 0.25) is 0 Å². The Morgan fingerprint density at radius 2 is 1.95 bits per heavy atom. The lowest BCUT2D eigenvalue weighted by Crippen LogP contribution is -2.40. The second-order valence-corrected chi connectivity index (χ2v) is 5.74. The molecular formula is C14H21F2N3S. The van der Waals surface area contributed by atoms with Crippen LogP contribution in [0, 0.1) is 0 Å². The van der Waals surface area contributed by atoms with Gasteiger partial charge in [0.05, 0.1) is 0 Å². The van der Waals surface area contributed by atoms with Crippen LogP contribution in [0.4, 0.5) is 8.78 Å². The number of halogens is 2. The molecule has 0 aromatic heterocycles. The van der Waals surface area contributed by atoms with E-state index in [0.717, 1.165) is 0 Å². The maximum Gasteiger partial charge on any atom is 0.257 e. The van der Waals surface area contributed by atoms with Crippen LogP contribution in [-0.2, 0) is 0 Å². The number of thioether (sulfide) groups is 1. The molecule has 0 bridgehead atoms. The SMILES string of the molecule is CCNC(=NCC(F)F)NCC(C)Sc1ccccc1. The van der Waals surface area contributed by atoms with Gasteiger partial charge in [0.2, 0.25) is 0 Å². The highest BCUT2D eigenvalue weighted by atomic mass is 32.2. The minimum absolute atomic E-state index is 0.313. The zero-order valence-electron chi connectivity index (χ0n) is 11.8. The van der Waals surface area contributed by atoms with E-state index in [-0.39, 0.29) is 0 Å². The van der Waals surface area contributed by atoms with Crippen molar-refractivity contribution in [2.24, 2.45) is 4.99 Å². The third-order valence-electron chi connectivity index (χ3n) is 2.37. The highest BCUT2D eigenvalue weighted by Gasteiger charge is 2.07. The smallest absolute Gasteiger partial charge is 0.257 e. The quantitative estimate of drug-likeness (QED) is 0.462. The van der Waals surface area contributed by atoms with Crippen LogP contribution in [0.15, 0.2) is 40.2 Å². The second kappa shape index (κ2) is 9.58. The number of guanidine groups is 1. The highest BCUT2D eigenvalue weighted by molar-refractivity contribution is 8.00. The third-order valence-corrected chi connectivity index (χ3v) is 3.48. The number of hydrogen-bond acceptors (Lipinski definition) is 2. The number of hydrogen-bond donors (Lipinski definition) is 2. The summed E-state index contributed by atoms with van der Waals surface area (Å²) in [6.07, 6.45) is -2.42. The van der Waals surface area contributed by atoms with Crippen molar-refractivity contribution in [2.75, 3.05) is 19.6 Å². The second-order valence-electron chi connectivity index (χ2n) is 4.23. The molecule has 0 spiro atoms. The number of rotatable bonds is 7. The van der Waals surface area contributed by atoms with Gasteiger partial charge in [0.15, 0.2) is 5.96 Å². The molecule has 6 heteroatoms. The number of nitrogens with one attached hydrogen (secondary N) is 2. The minimum atomic E-state index is -2.42. The number of benzene rings is 1. The number of nitrogens with zero attached hydrogens (tertiary/aromatic N) is 1. The molecule has 3 nitrogen and oxygen atoms in total. The summed E-state index contributed by atoms with van der Waals surface area (Å²) in [7, 11) is 0. The van der Waals surface area contributed by atoms with Crippen LogP contribution in [-0.4, -0.2) is 37.3 Å². The van der Waals surface area contributed by atoms with Crippen LogP contribution in [0.25, 0.3) is 0 Å². The van der Waals surface area contributed by atoms with E-state index >= 15 is 0 Å². The fraction of sp³-hybridized carbons (Fsp3) is 0.500. The standard InChI is InChI=1S/C14H21F2N3S/c1-3-17-14(19-10-13(15)16)18-9-11(2)20-12-7-5-4-6-8-12/h4-8,11,13H,3,9-10H2,1-2H3,(H2,17,18,19). The molecule has 0 aliphatic rings. The maximum absolute atomic E-state index is 12.2. The average Bonchev–Trinajstić information content (AvgIpc) is 2.43. The first-order valence-corrected chi connectivity index (χ1v) is 7.51. The van der Waals surface area contributed by atoms with Gasteiger partial charge >= 0.3 is 0 Å². The third kappa shape index (κ3) is 7.33. The summed E-state index contributed by atoms with van der Waals surface area (Å²) in [6.45, 7) is 4.82. The predicted octanol–water partition coefficient (Wildman–Crippen LogP) is 2.99. The van der Waals surface area contributed by atoms with Crippen molar-refractivity contribution in [1.82, 2.24) is 10.6 Å². The summed E-state index contributed by atoms with van der Waals surface area (Å²) >= 11 is 1.73. The van der Waals surface area contributed by atoms with Crippen LogP contribution >= 0.6 is 11.8 Å². The van der Waals surface area contributed by atoms with Gasteiger partial charge in [-0.15, -0.1) is 11.8 Å². The predicted molar refractivity (Wildman–Crippen MR) is 81.7 cm³/mol. The van der Waals surface area contributed by atoms with Crippen molar-refractivity contribution in [1.29, 1.82) is 0 Å². The van der Waals surface area contributed by atoms with Crippen LogP contribution < -0.4 is 10.6 Å². The average molecular weight is 301 g/mol. The van der Waals surface area contributed by atoms with Gasteiger partial charge in [-0.3, -0.25) is 0 Å². The van der Waals surface area contributed by atoms with E-state index in [1.165, 1.54) is 4.90 Å². The highest BCUT2D eigenvalue weighted by Crippen LogP contribution is 2.21. The Balaban J connectivity index is 2.40. The van der Waals surface area contributed by atoms with Crippen molar-refractivity contribution in [3.63, 3.8) is 0 Å². The lowest BCUT2D eigenvalue weighted by molar-refractivity contribution is 0.158. The molecule has 20 heavy (non-hydrogen) atoms. The monoisotopic (exact) mass is 301 g/mol. The van der Waals surface area contributed by atoms with Gasteiger partial charge < -0.3 is 10.6 Å². The number of aliphatic imine (C=N–C) groups is 1. The fourth-order valence-corrected chi connectivity index (χ4v) is 2.46. The zero-order chi connectivity index (χ0) is 14.8. The molecule has 1 rings (SSSR count). The molecule has 1 unspecified atom stereocenters. The molecule has 2 N–H and O–H groups in total. The Hall–Kier alpha value is -1.30. The molecule has 0 saturated carbocycles. The Bertz CT molecular complexity index is 399. The first kappa shape index (κ1) is 16.8. The van der Waals surface area contributed by atoms with Gasteiger partial charge in [0, 0.05) is 23.2 Å². The molecule has 0 saturated heterocycles.